The van der Waals surface area contributed by atoms with Gasteiger partial charge >= 0.3 is 0 Å². The van der Waals surface area contributed by atoms with E-state index in [1.165, 1.54) is 0 Å². The van der Waals surface area contributed by atoms with Crippen LogP contribution in [0.15, 0.2) is 67.1 Å². The number of imidazole rings is 1. The van der Waals surface area contributed by atoms with E-state index in [1.54, 1.807) is 18.5 Å². The van der Waals surface area contributed by atoms with Crippen LogP contribution in [0, 0.1) is 11.3 Å². The molecule has 0 fully saturated rings. The third-order valence-electron chi connectivity index (χ3n) is 4.34. The lowest BCUT2D eigenvalue weighted by Crippen LogP contribution is -2.08. The first kappa shape index (κ1) is 16.6. The predicted octanol–water partition coefficient (Wildman–Crippen LogP) is 4.08. The zero-order valence-electron chi connectivity index (χ0n) is 15.1. The molecule has 6 nitrogen and oxygen atoms in total. The first-order chi connectivity index (χ1) is 13.2. The van der Waals surface area contributed by atoms with Gasteiger partial charge in [0.2, 0.25) is 0 Å². The quantitative estimate of drug-likeness (QED) is 0.598. The average molecular weight is 354 g/mol. The Balaban J connectivity index is 1.75. The topological polar surface area (TPSA) is 69.2 Å². The molecule has 4 aromatic rings. The number of fused-ring (bicyclic) bond motifs is 1. The maximum absolute atomic E-state index is 9.15. The molecule has 0 bridgehead atoms. The molecule has 0 aliphatic heterocycles. The van der Waals surface area contributed by atoms with Gasteiger partial charge in [0.05, 0.1) is 23.5 Å². The van der Waals surface area contributed by atoms with E-state index in [-0.39, 0.29) is 0 Å². The van der Waals surface area contributed by atoms with E-state index in [1.807, 2.05) is 55.0 Å². The van der Waals surface area contributed by atoms with Gasteiger partial charge in [-0.2, -0.15) is 5.26 Å². The number of rotatable bonds is 4. The van der Waals surface area contributed by atoms with Crippen LogP contribution in [0.25, 0.3) is 16.9 Å². The second kappa shape index (κ2) is 6.81. The van der Waals surface area contributed by atoms with Crippen molar-refractivity contribution in [2.45, 2.75) is 0 Å². The minimum absolute atomic E-state index is 0.621. The predicted molar refractivity (Wildman–Crippen MR) is 107 cm³/mol. The number of hydrogen-bond donors (Lipinski definition) is 1. The molecule has 2 aromatic heterocycles. The van der Waals surface area contributed by atoms with Crippen molar-refractivity contribution >= 4 is 22.8 Å². The lowest BCUT2D eigenvalue weighted by molar-refractivity contribution is 1.12. The van der Waals surface area contributed by atoms with Crippen molar-refractivity contribution in [3.05, 3.63) is 72.7 Å². The SMILES string of the molecule is CN(C)c1cccc(Nc2nccn3c(-c4cccc(C#N)c4)cnc23)c1. The fourth-order valence-corrected chi connectivity index (χ4v) is 2.97. The van der Waals surface area contributed by atoms with Crippen LogP contribution < -0.4 is 10.2 Å². The van der Waals surface area contributed by atoms with Gasteiger partial charge in [-0.25, -0.2) is 9.97 Å². The summed E-state index contributed by atoms with van der Waals surface area (Å²) in [5.41, 5.74) is 5.24. The second-order valence-corrected chi connectivity index (χ2v) is 6.38. The van der Waals surface area contributed by atoms with Crippen LogP contribution >= 0.6 is 0 Å². The third kappa shape index (κ3) is 3.18. The van der Waals surface area contributed by atoms with Crippen LogP contribution in [0.5, 0.6) is 0 Å². The molecule has 1 N–H and O–H groups in total. The van der Waals surface area contributed by atoms with Gasteiger partial charge in [-0.15, -0.1) is 0 Å². The molecule has 0 aliphatic rings. The zero-order valence-corrected chi connectivity index (χ0v) is 15.1. The van der Waals surface area contributed by atoms with E-state index in [0.717, 1.165) is 28.3 Å². The van der Waals surface area contributed by atoms with Gasteiger partial charge in [-0.1, -0.05) is 18.2 Å². The molecule has 0 aliphatic carbocycles. The summed E-state index contributed by atoms with van der Waals surface area (Å²) < 4.78 is 1.97. The molecule has 132 valence electrons. The Morgan fingerprint density at radius 3 is 2.74 bits per heavy atom. The van der Waals surface area contributed by atoms with Crippen LogP contribution in [-0.4, -0.2) is 28.5 Å². The van der Waals surface area contributed by atoms with E-state index in [4.69, 9.17) is 5.26 Å². The fourth-order valence-electron chi connectivity index (χ4n) is 2.97. The van der Waals surface area contributed by atoms with Gasteiger partial charge in [-0.05, 0) is 30.3 Å². The summed E-state index contributed by atoms with van der Waals surface area (Å²) >= 11 is 0. The highest BCUT2D eigenvalue weighted by Crippen LogP contribution is 2.26. The highest BCUT2D eigenvalue weighted by Gasteiger charge is 2.11. The number of aromatic nitrogens is 3. The Labute approximate surface area is 157 Å². The lowest BCUT2D eigenvalue weighted by atomic mass is 10.1. The molecule has 0 amide bonds. The Bertz CT molecular complexity index is 1150. The van der Waals surface area contributed by atoms with Gasteiger partial charge in [0.15, 0.2) is 11.5 Å². The zero-order chi connectivity index (χ0) is 18.8. The van der Waals surface area contributed by atoms with Crippen LogP contribution in [0.4, 0.5) is 17.2 Å². The maximum atomic E-state index is 9.15. The monoisotopic (exact) mass is 354 g/mol. The number of anilines is 3. The number of benzene rings is 2. The summed E-state index contributed by atoms with van der Waals surface area (Å²) in [6.45, 7) is 0. The van der Waals surface area contributed by atoms with Gasteiger partial charge in [0.1, 0.15) is 0 Å². The standard InChI is InChI=1S/C21H18N6/c1-26(2)18-8-4-7-17(12-18)25-20-21-24-14-19(27(21)10-9-23-20)16-6-3-5-15(11-16)13-22/h3-12,14H,1-2H3,(H,23,25). The Morgan fingerprint density at radius 1 is 1.07 bits per heavy atom. The van der Waals surface area contributed by atoms with E-state index in [0.29, 0.717) is 11.4 Å². The smallest absolute Gasteiger partial charge is 0.180 e. The number of hydrogen-bond acceptors (Lipinski definition) is 5. The number of nitrogens with zero attached hydrogens (tertiary/aromatic N) is 5. The molecule has 0 unspecified atom stereocenters. The van der Waals surface area contributed by atoms with Crippen molar-refractivity contribution in [3.63, 3.8) is 0 Å². The van der Waals surface area contributed by atoms with Gasteiger partial charge in [0.25, 0.3) is 0 Å². The van der Waals surface area contributed by atoms with Crippen molar-refractivity contribution in [1.29, 1.82) is 5.26 Å². The molecule has 0 saturated carbocycles. The maximum Gasteiger partial charge on any atom is 0.180 e. The summed E-state index contributed by atoms with van der Waals surface area (Å²) in [6, 6.07) is 17.8. The normalized spacial score (nSPS) is 10.6. The molecule has 0 saturated heterocycles. The van der Waals surface area contributed by atoms with Crippen LogP contribution in [0.1, 0.15) is 5.56 Å². The molecular weight excluding hydrogens is 336 g/mol. The Kier molecular flexibility index (Phi) is 4.19. The van der Waals surface area contributed by atoms with E-state index < -0.39 is 0 Å². The minimum atomic E-state index is 0.621. The van der Waals surface area contributed by atoms with Crippen molar-refractivity contribution < 1.29 is 0 Å². The largest absolute Gasteiger partial charge is 0.378 e. The average Bonchev–Trinajstić information content (AvgIpc) is 3.13. The van der Waals surface area contributed by atoms with E-state index >= 15 is 0 Å². The van der Waals surface area contributed by atoms with Crippen molar-refractivity contribution in [3.8, 4) is 17.3 Å². The number of nitriles is 1. The lowest BCUT2D eigenvalue weighted by Gasteiger charge is -2.14. The molecule has 4 rings (SSSR count). The van der Waals surface area contributed by atoms with Crippen molar-refractivity contribution in [1.82, 2.24) is 14.4 Å². The van der Waals surface area contributed by atoms with Gasteiger partial charge in [-0.3, -0.25) is 4.40 Å². The van der Waals surface area contributed by atoms with Gasteiger partial charge in [0, 0.05) is 43.4 Å². The molecule has 0 spiro atoms. The summed E-state index contributed by atoms with van der Waals surface area (Å²) in [7, 11) is 4.02. The summed E-state index contributed by atoms with van der Waals surface area (Å²) in [5, 5.41) is 12.5. The molecule has 27 heavy (non-hydrogen) atoms. The molecular formula is C21H18N6. The second-order valence-electron chi connectivity index (χ2n) is 6.38. The fraction of sp³-hybridized carbons (Fsp3) is 0.0952. The molecule has 6 heteroatoms. The highest BCUT2D eigenvalue weighted by atomic mass is 15.1. The molecule has 0 radical (unpaired) electrons. The molecule has 2 aromatic carbocycles. The summed E-state index contributed by atoms with van der Waals surface area (Å²) in [6.07, 6.45) is 5.41. The van der Waals surface area contributed by atoms with Gasteiger partial charge < -0.3 is 10.2 Å². The Hall–Kier alpha value is -3.85. The van der Waals surface area contributed by atoms with Crippen LogP contribution in [-0.2, 0) is 0 Å². The Morgan fingerprint density at radius 2 is 1.93 bits per heavy atom. The molecule has 2 heterocycles. The van der Waals surface area contributed by atoms with Crippen LogP contribution in [0.3, 0.4) is 0 Å². The summed E-state index contributed by atoms with van der Waals surface area (Å²) in [4.78, 5) is 11.1. The first-order valence-electron chi connectivity index (χ1n) is 8.53. The van der Waals surface area contributed by atoms with Crippen molar-refractivity contribution in [2.75, 3.05) is 24.3 Å². The molecule has 0 atom stereocenters. The van der Waals surface area contributed by atoms with Crippen molar-refractivity contribution in [2.24, 2.45) is 0 Å². The summed E-state index contributed by atoms with van der Waals surface area (Å²) in [5.74, 6) is 0.677. The highest BCUT2D eigenvalue weighted by molar-refractivity contribution is 5.75. The first-order valence-corrected chi connectivity index (χ1v) is 8.53. The third-order valence-corrected chi connectivity index (χ3v) is 4.34. The van der Waals surface area contributed by atoms with E-state index in [2.05, 4.69) is 38.4 Å². The van der Waals surface area contributed by atoms with Crippen LogP contribution in [0.2, 0.25) is 0 Å². The van der Waals surface area contributed by atoms with E-state index in [9.17, 15) is 0 Å². The number of nitrogens with one attached hydrogen (secondary N) is 1. The minimum Gasteiger partial charge on any atom is -0.378 e.